The summed E-state index contributed by atoms with van der Waals surface area (Å²) in [5.74, 6) is -0.0122. The van der Waals surface area contributed by atoms with Crippen LogP contribution in [0.15, 0.2) is 48.2 Å². The summed E-state index contributed by atoms with van der Waals surface area (Å²) in [6.07, 6.45) is 0. The molecule has 5 nitrogen and oxygen atoms in total. The number of hydrogen-bond donors (Lipinski definition) is 1. The fraction of sp³-hybridized carbons (Fsp3) is 0.200. The molecule has 0 atom stereocenters. The molecule has 2 aromatic carbocycles. The normalized spacial score (nSPS) is 14.2. The Labute approximate surface area is 157 Å². The second kappa shape index (κ2) is 7.22. The summed E-state index contributed by atoms with van der Waals surface area (Å²) in [7, 11) is 1.47. The molecule has 0 spiro atoms. The highest BCUT2D eigenvalue weighted by molar-refractivity contribution is 6.36. The van der Waals surface area contributed by atoms with Crippen LogP contribution >= 0.6 is 11.6 Å². The van der Waals surface area contributed by atoms with Crippen LogP contribution in [0.2, 0.25) is 5.02 Å². The molecule has 0 saturated carbocycles. The highest BCUT2D eigenvalue weighted by Gasteiger charge is 2.36. The quantitative estimate of drug-likeness (QED) is 0.812. The molecule has 1 aliphatic rings. The van der Waals surface area contributed by atoms with E-state index in [9.17, 15) is 9.59 Å². The Morgan fingerprint density at radius 2 is 1.77 bits per heavy atom. The lowest BCUT2D eigenvalue weighted by Crippen LogP contribution is -2.28. The number of carbonyl (C=O) groups excluding carboxylic acids is 2. The number of likely N-dealkylation sites (N-methyl/N-ethyl adjacent to an activating group) is 1. The number of ether oxygens (including phenoxy) is 1. The van der Waals surface area contributed by atoms with Gasteiger partial charge in [0.2, 0.25) is 0 Å². The molecule has 134 valence electrons. The number of amides is 2. The van der Waals surface area contributed by atoms with E-state index in [4.69, 9.17) is 16.3 Å². The molecule has 0 unspecified atom stereocenters. The summed E-state index contributed by atoms with van der Waals surface area (Å²) < 4.78 is 5.44. The van der Waals surface area contributed by atoms with Crippen molar-refractivity contribution in [2.24, 2.45) is 0 Å². The SMILES string of the molecule is CCOc1ccc(C2=C(Nc3cc(Cl)ccc3C)C(=O)N(C)C2=O)cc1. The van der Waals surface area contributed by atoms with Crippen LogP contribution in [0, 0.1) is 6.92 Å². The van der Waals surface area contributed by atoms with Crippen LogP contribution in [0.5, 0.6) is 5.75 Å². The van der Waals surface area contributed by atoms with Gasteiger partial charge in [0.05, 0.1) is 12.2 Å². The topological polar surface area (TPSA) is 58.6 Å². The first-order valence-corrected chi connectivity index (χ1v) is 8.63. The molecule has 0 radical (unpaired) electrons. The minimum Gasteiger partial charge on any atom is -0.494 e. The summed E-state index contributed by atoms with van der Waals surface area (Å²) in [5.41, 5.74) is 2.83. The van der Waals surface area contributed by atoms with Crippen LogP contribution in [-0.4, -0.2) is 30.4 Å². The van der Waals surface area contributed by atoms with Gasteiger partial charge in [0.1, 0.15) is 11.4 Å². The number of benzene rings is 2. The van der Waals surface area contributed by atoms with Gasteiger partial charge < -0.3 is 10.1 Å². The van der Waals surface area contributed by atoms with E-state index in [1.54, 1.807) is 36.4 Å². The molecular formula is C20H19ClN2O3. The molecule has 26 heavy (non-hydrogen) atoms. The monoisotopic (exact) mass is 370 g/mol. The number of nitrogens with one attached hydrogen (secondary N) is 1. The van der Waals surface area contributed by atoms with E-state index in [0.29, 0.717) is 34.2 Å². The number of nitrogens with zero attached hydrogens (tertiary/aromatic N) is 1. The first kappa shape index (κ1) is 18.0. The number of anilines is 1. The molecule has 1 N–H and O–H groups in total. The van der Waals surface area contributed by atoms with Crippen molar-refractivity contribution in [1.82, 2.24) is 4.90 Å². The molecule has 0 aliphatic carbocycles. The number of aryl methyl sites for hydroxylation is 1. The summed E-state index contributed by atoms with van der Waals surface area (Å²) >= 11 is 6.06. The molecule has 0 saturated heterocycles. The van der Waals surface area contributed by atoms with Gasteiger partial charge in [-0.15, -0.1) is 0 Å². The van der Waals surface area contributed by atoms with E-state index in [0.717, 1.165) is 10.5 Å². The fourth-order valence-corrected chi connectivity index (χ4v) is 2.95. The third-order valence-corrected chi connectivity index (χ3v) is 4.44. The van der Waals surface area contributed by atoms with Crippen molar-refractivity contribution in [3.63, 3.8) is 0 Å². The highest BCUT2D eigenvalue weighted by atomic mass is 35.5. The van der Waals surface area contributed by atoms with Crippen molar-refractivity contribution < 1.29 is 14.3 Å². The van der Waals surface area contributed by atoms with Gasteiger partial charge in [-0.05, 0) is 49.2 Å². The zero-order chi connectivity index (χ0) is 18.8. The Hall–Kier alpha value is -2.79. The van der Waals surface area contributed by atoms with Crippen LogP contribution < -0.4 is 10.1 Å². The van der Waals surface area contributed by atoms with Crippen molar-refractivity contribution in [3.05, 3.63) is 64.3 Å². The molecule has 0 bridgehead atoms. The Morgan fingerprint density at radius 3 is 2.42 bits per heavy atom. The summed E-state index contributed by atoms with van der Waals surface area (Å²) in [5, 5.41) is 3.65. The van der Waals surface area contributed by atoms with Gasteiger partial charge in [-0.2, -0.15) is 0 Å². The maximum absolute atomic E-state index is 12.6. The van der Waals surface area contributed by atoms with E-state index in [-0.39, 0.29) is 17.5 Å². The lowest BCUT2D eigenvalue weighted by atomic mass is 10.0. The van der Waals surface area contributed by atoms with Crippen LogP contribution in [0.3, 0.4) is 0 Å². The second-order valence-electron chi connectivity index (χ2n) is 5.96. The number of hydrogen-bond acceptors (Lipinski definition) is 4. The lowest BCUT2D eigenvalue weighted by Gasteiger charge is -2.12. The van der Waals surface area contributed by atoms with Crippen molar-refractivity contribution in [1.29, 1.82) is 0 Å². The largest absolute Gasteiger partial charge is 0.494 e. The van der Waals surface area contributed by atoms with Crippen molar-refractivity contribution in [2.45, 2.75) is 13.8 Å². The number of rotatable bonds is 5. The van der Waals surface area contributed by atoms with Gasteiger partial charge in [0.25, 0.3) is 11.8 Å². The van der Waals surface area contributed by atoms with E-state index in [1.807, 2.05) is 19.9 Å². The van der Waals surface area contributed by atoms with Gasteiger partial charge in [0.15, 0.2) is 0 Å². The van der Waals surface area contributed by atoms with Gasteiger partial charge in [-0.1, -0.05) is 29.8 Å². The van der Waals surface area contributed by atoms with Gasteiger partial charge in [-0.25, -0.2) is 0 Å². The number of imide groups is 1. The molecule has 0 fully saturated rings. The molecular weight excluding hydrogens is 352 g/mol. The average molecular weight is 371 g/mol. The van der Waals surface area contributed by atoms with Gasteiger partial charge in [0, 0.05) is 17.8 Å². The Bertz CT molecular complexity index is 904. The van der Waals surface area contributed by atoms with Crippen LogP contribution in [-0.2, 0) is 9.59 Å². The van der Waals surface area contributed by atoms with Gasteiger partial charge >= 0.3 is 0 Å². The van der Waals surface area contributed by atoms with Crippen LogP contribution in [0.25, 0.3) is 5.57 Å². The third kappa shape index (κ3) is 3.30. The smallest absolute Gasteiger partial charge is 0.277 e. The van der Waals surface area contributed by atoms with Crippen LogP contribution in [0.1, 0.15) is 18.1 Å². The summed E-state index contributed by atoms with van der Waals surface area (Å²) in [4.78, 5) is 26.3. The standard InChI is InChI=1S/C20H19ClN2O3/c1-4-26-15-9-6-13(7-10-15)17-18(20(25)23(3)19(17)24)22-16-11-14(21)8-5-12(16)2/h5-11,22H,4H2,1-3H3. The molecule has 3 rings (SSSR count). The van der Waals surface area contributed by atoms with E-state index >= 15 is 0 Å². The van der Waals surface area contributed by atoms with Gasteiger partial charge in [-0.3, -0.25) is 14.5 Å². The third-order valence-electron chi connectivity index (χ3n) is 4.20. The Balaban J connectivity index is 2.05. The van der Waals surface area contributed by atoms with Crippen molar-refractivity contribution >= 4 is 34.7 Å². The van der Waals surface area contributed by atoms with E-state index < -0.39 is 0 Å². The molecule has 6 heteroatoms. The summed E-state index contributed by atoms with van der Waals surface area (Å²) in [6, 6.07) is 12.5. The fourth-order valence-electron chi connectivity index (χ4n) is 2.77. The predicted octanol–water partition coefficient (Wildman–Crippen LogP) is 3.87. The summed E-state index contributed by atoms with van der Waals surface area (Å²) in [6.45, 7) is 4.36. The predicted molar refractivity (Wildman–Crippen MR) is 102 cm³/mol. The molecule has 2 amide bonds. The Kier molecular flexibility index (Phi) is 5.00. The Morgan fingerprint density at radius 1 is 1.08 bits per heavy atom. The zero-order valence-electron chi connectivity index (χ0n) is 14.8. The number of halogens is 1. The lowest BCUT2D eigenvalue weighted by molar-refractivity contribution is -0.135. The highest BCUT2D eigenvalue weighted by Crippen LogP contribution is 2.32. The minimum absolute atomic E-state index is 0.243. The van der Waals surface area contributed by atoms with E-state index in [2.05, 4.69) is 5.32 Å². The molecule has 2 aromatic rings. The first-order valence-electron chi connectivity index (χ1n) is 8.25. The maximum atomic E-state index is 12.6. The zero-order valence-corrected chi connectivity index (χ0v) is 15.6. The number of carbonyl (C=O) groups is 2. The second-order valence-corrected chi connectivity index (χ2v) is 6.40. The molecule has 1 heterocycles. The minimum atomic E-state index is -0.377. The van der Waals surface area contributed by atoms with Crippen LogP contribution in [0.4, 0.5) is 5.69 Å². The average Bonchev–Trinajstić information content (AvgIpc) is 2.83. The molecule has 1 aliphatic heterocycles. The van der Waals surface area contributed by atoms with E-state index in [1.165, 1.54) is 7.05 Å². The van der Waals surface area contributed by atoms with Crippen molar-refractivity contribution in [3.8, 4) is 5.75 Å². The molecule has 0 aromatic heterocycles. The maximum Gasteiger partial charge on any atom is 0.277 e. The van der Waals surface area contributed by atoms with Crippen molar-refractivity contribution in [2.75, 3.05) is 19.0 Å². The first-order chi connectivity index (χ1) is 12.4.